The average Bonchev–Trinajstić information content (AvgIpc) is 1.85. The summed E-state index contributed by atoms with van der Waals surface area (Å²) in [6.07, 6.45) is 0.303. The van der Waals surface area contributed by atoms with Crippen molar-refractivity contribution >= 4 is 22.7 Å². The van der Waals surface area contributed by atoms with Crippen LogP contribution in [0.25, 0.3) is 0 Å². The first-order valence-electron chi connectivity index (χ1n) is 3.20. The first-order valence-corrected chi connectivity index (χ1v) is 4.08. The first-order chi connectivity index (χ1) is 5.06. The van der Waals surface area contributed by atoms with E-state index in [-0.39, 0.29) is 11.2 Å². The summed E-state index contributed by atoms with van der Waals surface area (Å²) in [5, 5.41) is 11.8. The van der Waals surface area contributed by atoms with E-state index in [0.29, 0.717) is 11.5 Å². The fraction of sp³-hybridized carbons (Fsp3) is 0.667. The molecule has 1 unspecified atom stereocenters. The maximum absolute atomic E-state index is 10.4. The number of carbonyl (C=O) groups is 1. The van der Waals surface area contributed by atoms with Gasteiger partial charge in [-0.05, 0) is 6.92 Å². The number of nitrogens with two attached hydrogens (primary N) is 1. The molecule has 4 nitrogen and oxygen atoms in total. The highest BCUT2D eigenvalue weighted by atomic mass is 32.2. The minimum atomic E-state index is -0.337. The standard InChI is InChI=1S/C6H12N2O2S/c1-4(3-6(7)9)11-5(2)8-10/h4,10H,3H2,1-2H3,(H2,7,9)/b8-5-. The van der Waals surface area contributed by atoms with E-state index in [4.69, 9.17) is 10.9 Å². The van der Waals surface area contributed by atoms with Crippen LogP contribution in [0.5, 0.6) is 0 Å². The van der Waals surface area contributed by atoms with Crippen LogP contribution in [0.2, 0.25) is 0 Å². The van der Waals surface area contributed by atoms with Crippen molar-refractivity contribution in [1.82, 2.24) is 0 Å². The summed E-state index contributed by atoms with van der Waals surface area (Å²) >= 11 is 1.33. The Morgan fingerprint density at radius 2 is 2.36 bits per heavy atom. The molecule has 1 amide bonds. The highest BCUT2D eigenvalue weighted by Gasteiger charge is 2.07. The molecule has 0 spiro atoms. The van der Waals surface area contributed by atoms with Gasteiger partial charge >= 0.3 is 0 Å². The number of hydrogen-bond acceptors (Lipinski definition) is 4. The van der Waals surface area contributed by atoms with Gasteiger partial charge in [0.1, 0.15) is 5.04 Å². The Morgan fingerprint density at radius 3 is 2.73 bits per heavy atom. The van der Waals surface area contributed by atoms with Gasteiger partial charge in [-0.1, -0.05) is 12.1 Å². The molecule has 11 heavy (non-hydrogen) atoms. The molecule has 0 rings (SSSR count). The van der Waals surface area contributed by atoms with Gasteiger partial charge < -0.3 is 10.9 Å². The van der Waals surface area contributed by atoms with Gasteiger partial charge in [0.05, 0.1) is 0 Å². The Balaban J connectivity index is 3.69. The summed E-state index contributed by atoms with van der Waals surface area (Å²) in [4.78, 5) is 10.4. The topological polar surface area (TPSA) is 75.7 Å². The van der Waals surface area contributed by atoms with E-state index in [2.05, 4.69) is 5.16 Å². The lowest BCUT2D eigenvalue weighted by Gasteiger charge is -2.05. The molecule has 0 saturated heterocycles. The van der Waals surface area contributed by atoms with Gasteiger partial charge in [0, 0.05) is 11.7 Å². The van der Waals surface area contributed by atoms with E-state index in [1.165, 1.54) is 11.8 Å². The summed E-state index contributed by atoms with van der Waals surface area (Å²) in [5.74, 6) is -0.337. The lowest BCUT2D eigenvalue weighted by Crippen LogP contribution is -2.16. The Labute approximate surface area is 69.8 Å². The molecule has 1 atom stereocenters. The second-order valence-corrected chi connectivity index (χ2v) is 3.85. The monoisotopic (exact) mass is 176 g/mol. The Kier molecular flexibility index (Phi) is 4.69. The molecular weight excluding hydrogens is 164 g/mol. The van der Waals surface area contributed by atoms with Gasteiger partial charge in [0.25, 0.3) is 0 Å². The summed E-state index contributed by atoms with van der Waals surface area (Å²) in [6, 6.07) is 0. The number of oxime groups is 1. The normalized spacial score (nSPS) is 14.5. The quantitative estimate of drug-likeness (QED) is 0.289. The first kappa shape index (κ1) is 10.3. The van der Waals surface area contributed by atoms with Crippen molar-refractivity contribution in [3.05, 3.63) is 0 Å². The van der Waals surface area contributed by atoms with Crippen molar-refractivity contribution in [2.45, 2.75) is 25.5 Å². The molecule has 0 fully saturated rings. The van der Waals surface area contributed by atoms with Crippen molar-refractivity contribution < 1.29 is 10.0 Å². The van der Waals surface area contributed by atoms with Crippen LogP contribution in [0, 0.1) is 0 Å². The number of hydrogen-bond donors (Lipinski definition) is 2. The molecule has 0 aromatic rings. The number of thioether (sulfide) groups is 1. The molecule has 0 heterocycles. The molecule has 3 N–H and O–H groups in total. The molecule has 0 aromatic carbocycles. The van der Waals surface area contributed by atoms with Crippen molar-refractivity contribution in [1.29, 1.82) is 0 Å². The van der Waals surface area contributed by atoms with Gasteiger partial charge in [-0.15, -0.1) is 11.8 Å². The van der Waals surface area contributed by atoms with Crippen LogP contribution in [-0.2, 0) is 4.79 Å². The van der Waals surface area contributed by atoms with Crippen LogP contribution in [0.3, 0.4) is 0 Å². The Bertz CT molecular complexity index is 170. The van der Waals surface area contributed by atoms with Gasteiger partial charge in [-0.25, -0.2) is 0 Å². The molecule has 0 saturated carbocycles. The fourth-order valence-electron chi connectivity index (χ4n) is 0.640. The molecule has 0 radical (unpaired) electrons. The van der Waals surface area contributed by atoms with E-state index < -0.39 is 0 Å². The average molecular weight is 176 g/mol. The van der Waals surface area contributed by atoms with Gasteiger partial charge in [-0.2, -0.15) is 0 Å². The maximum atomic E-state index is 10.4. The van der Waals surface area contributed by atoms with E-state index in [0.717, 1.165) is 0 Å². The number of carbonyl (C=O) groups excluding carboxylic acids is 1. The van der Waals surface area contributed by atoms with E-state index in [1.54, 1.807) is 6.92 Å². The zero-order chi connectivity index (χ0) is 8.85. The van der Waals surface area contributed by atoms with Gasteiger partial charge in [0.15, 0.2) is 0 Å². The van der Waals surface area contributed by atoms with Crippen LogP contribution in [0.4, 0.5) is 0 Å². The molecular formula is C6H12N2O2S. The lowest BCUT2D eigenvalue weighted by molar-refractivity contribution is -0.117. The lowest BCUT2D eigenvalue weighted by atomic mass is 10.3. The number of nitrogens with zero attached hydrogens (tertiary/aromatic N) is 1. The van der Waals surface area contributed by atoms with Crippen LogP contribution in [-0.4, -0.2) is 21.4 Å². The molecule has 5 heteroatoms. The third-order valence-electron chi connectivity index (χ3n) is 1.00. The van der Waals surface area contributed by atoms with Crippen LogP contribution in [0.15, 0.2) is 5.16 Å². The van der Waals surface area contributed by atoms with Crippen LogP contribution < -0.4 is 5.73 Å². The van der Waals surface area contributed by atoms with E-state index in [9.17, 15) is 4.79 Å². The summed E-state index contributed by atoms with van der Waals surface area (Å²) < 4.78 is 0. The molecule has 0 aromatic heterocycles. The minimum absolute atomic E-state index is 0.0726. The van der Waals surface area contributed by atoms with E-state index >= 15 is 0 Å². The Morgan fingerprint density at radius 1 is 1.82 bits per heavy atom. The zero-order valence-corrected chi connectivity index (χ0v) is 7.39. The molecule has 0 aliphatic rings. The second-order valence-electron chi connectivity index (χ2n) is 2.22. The number of primary amides is 1. The minimum Gasteiger partial charge on any atom is -0.410 e. The molecule has 0 aliphatic carbocycles. The summed E-state index contributed by atoms with van der Waals surface area (Å²) in [5.41, 5.74) is 4.96. The number of amides is 1. The van der Waals surface area contributed by atoms with Crippen molar-refractivity contribution in [3.8, 4) is 0 Å². The van der Waals surface area contributed by atoms with Gasteiger partial charge in [-0.3, -0.25) is 4.79 Å². The van der Waals surface area contributed by atoms with Crippen molar-refractivity contribution in [3.63, 3.8) is 0 Å². The predicted octanol–water partition coefficient (Wildman–Crippen LogP) is 0.791. The molecule has 64 valence electrons. The fourth-order valence-corrected chi connectivity index (χ4v) is 1.52. The Hall–Kier alpha value is -0.710. The largest absolute Gasteiger partial charge is 0.410 e. The highest BCUT2D eigenvalue weighted by Crippen LogP contribution is 2.14. The number of rotatable bonds is 3. The molecule has 0 bridgehead atoms. The maximum Gasteiger partial charge on any atom is 0.218 e. The smallest absolute Gasteiger partial charge is 0.218 e. The third kappa shape index (κ3) is 5.72. The van der Waals surface area contributed by atoms with Crippen molar-refractivity contribution in [2.24, 2.45) is 10.9 Å². The van der Waals surface area contributed by atoms with Gasteiger partial charge in [0.2, 0.25) is 5.91 Å². The van der Waals surface area contributed by atoms with E-state index in [1.807, 2.05) is 6.92 Å². The second kappa shape index (κ2) is 5.01. The third-order valence-corrected chi connectivity index (χ3v) is 1.99. The van der Waals surface area contributed by atoms with Crippen LogP contribution in [0.1, 0.15) is 20.3 Å². The van der Waals surface area contributed by atoms with Crippen LogP contribution >= 0.6 is 11.8 Å². The highest BCUT2D eigenvalue weighted by molar-refractivity contribution is 8.14. The zero-order valence-electron chi connectivity index (χ0n) is 6.57. The molecule has 0 aliphatic heterocycles. The summed E-state index contributed by atoms with van der Waals surface area (Å²) in [7, 11) is 0. The SMILES string of the molecule is C/C(=N/O)SC(C)CC(N)=O. The predicted molar refractivity (Wildman–Crippen MR) is 45.8 cm³/mol. The van der Waals surface area contributed by atoms with Crippen molar-refractivity contribution in [2.75, 3.05) is 0 Å². The summed E-state index contributed by atoms with van der Waals surface area (Å²) in [6.45, 7) is 3.52.